The van der Waals surface area contributed by atoms with E-state index in [-0.39, 0.29) is 15.8 Å². The Kier molecular flexibility index (Phi) is 6.48. The molecule has 1 aliphatic heterocycles. The molecule has 154 valence electrons. The first-order valence-electron chi connectivity index (χ1n) is 8.79. The lowest BCUT2D eigenvalue weighted by Gasteiger charge is -2.25. The molecule has 1 aliphatic rings. The molecule has 0 aliphatic carbocycles. The number of rotatable bonds is 6. The number of ether oxygens (including phenoxy) is 1. The fourth-order valence-corrected chi connectivity index (χ4v) is 4.19. The minimum atomic E-state index is -1.04. The van der Waals surface area contributed by atoms with Crippen LogP contribution in [0.2, 0.25) is 0 Å². The van der Waals surface area contributed by atoms with Crippen LogP contribution in [0.3, 0.4) is 0 Å². The van der Waals surface area contributed by atoms with Crippen molar-refractivity contribution in [1.82, 2.24) is 4.90 Å². The van der Waals surface area contributed by atoms with Gasteiger partial charge in [0.05, 0.1) is 16.4 Å². The molecule has 0 spiro atoms. The fourth-order valence-electron chi connectivity index (χ4n) is 2.88. The zero-order valence-corrected chi connectivity index (χ0v) is 17.3. The Labute approximate surface area is 181 Å². The topological polar surface area (TPSA) is 110 Å². The van der Waals surface area contributed by atoms with Gasteiger partial charge in [0.1, 0.15) is 4.32 Å². The second-order valence-corrected chi connectivity index (χ2v) is 7.80. The van der Waals surface area contributed by atoms with Crippen molar-refractivity contribution in [2.45, 2.75) is 13.0 Å². The van der Waals surface area contributed by atoms with Gasteiger partial charge in [0.2, 0.25) is 0 Å². The average Bonchev–Trinajstić information content (AvgIpc) is 2.98. The van der Waals surface area contributed by atoms with Gasteiger partial charge < -0.3 is 9.84 Å². The lowest BCUT2D eigenvalue weighted by Crippen LogP contribution is -2.38. The van der Waals surface area contributed by atoms with Crippen LogP contribution in [-0.4, -0.2) is 37.7 Å². The van der Waals surface area contributed by atoms with E-state index in [0.717, 1.165) is 17.8 Å². The molecule has 1 N–H and O–H groups in total. The average molecular weight is 444 g/mol. The zero-order chi connectivity index (χ0) is 21.8. The van der Waals surface area contributed by atoms with Crippen LogP contribution >= 0.6 is 24.0 Å². The largest absolute Gasteiger partial charge is 0.502 e. The number of nitrogens with zero attached hydrogens (tertiary/aromatic N) is 2. The van der Waals surface area contributed by atoms with Gasteiger partial charge in [0, 0.05) is 6.07 Å². The number of phenols is 1. The number of esters is 1. The Morgan fingerprint density at radius 1 is 1.33 bits per heavy atom. The number of carbonyl (C=O) groups is 2. The molecule has 2 aromatic rings. The molecule has 1 heterocycles. The zero-order valence-electron chi connectivity index (χ0n) is 15.7. The summed E-state index contributed by atoms with van der Waals surface area (Å²) >= 11 is 6.33. The first kappa shape index (κ1) is 21.5. The second-order valence-electron chi connectivity index (χ2n) is 6.12. The van der Waals surface area contributed by atoms with Crippen LogP contribution in [0, 0.1) is 10.1 Å². The number of benzene rings is 2. The first-order valence-corrected chi connectivity index (χ1v) is 10.0. The minimum Gasteiger partial charge on any atom is -0.502 e. The highest BCUT2D eigenvalue weighted by Crippen LogP contribution is 2.39. The Hall–Kier alpha value is -3.24. The number of nitro groups is 1. The molecule has 10 heteroatoms. The Bertz CT molecular complexity index is 1050. The summed E-state index contributed by atoms with van der Waals surface area (Å²) in [6.45, 7) is 1.81. The number of hydrogen-bond acceptors (Lipinski definition) is 8. The molecule has 0 aromatic heterocycles. The molecule has 0 radical (unpaired) electrons. The van der Waals surface area contributed by atoms with Crippen molar-refractivity contribution in [3.63, 3.8) is 0 Å². The van der Waals surface area contributed by atoms with E-state index in [1.54, 1.807) is 37.3 Å². The van der Waals surface area contributed by atoms with Crippen LogP contribution in [0.4, 0.5) is 5.69 Å². The maximum Gasteiger partial charge on any atom is 0.333 e. The monoisotopic (exact) mass is 444 g/mol. The molecule has 1 saturated heterocycles. The smallest absolute Gasteiger partial charge is 0.333 e. The molecule has 1 unspecified atom stereocenters. The van der Waals surface area contributed by atoms with E-state index in [0.29, 0.717) is 11.1 Å². The standard InChI is InChI=1S/C20H16N2O6S2/c1-2-28-19(25)17(13-6-4-3-5-7-13)21-18(24)16(30-20(21)29)11-12-8-9-15(23)14(10-12)22(26)27/h3-11,17,23H,2H2,1H3/b16-11-. The Morgan fingerprint density at radius 2 is 2.03 bits per heavy atom. The van der Waals surface area contributed by atoms with Crippen LogP contribution in [-0.2, 0) is 14.3 Å². The summed E-state index contributed by atoms with van der Waals surface area (Å²) in [6, 6.07) is 11.4. The van der Waals surface area contributed by atoms with Gasteiger partial charge in [-0.05, 0) is 30.2 Å². The van der Waals surface area contributed by atoms with E-state index in [4.69, 9.17) is 17.0 Å². The van der Waals surface area contributed by atoms with E-state index in [1.165, 1.54) is 23.1 Å². The number of thiocarbonyl (C=S) groups is 1. The van der Waals surface area contributed by atoms with Gasteiger partial charge in [0.25, 0.3) is 5.91 Å². The first-order chi connectivity index (χ1) is 14.3. The van der Waals surface area contributed by atoms with Gasteiger partial charge in [-0.2, -0.15) is 0 Å². The maximum atomic E-state index is 13.1. The van der Waals surface area contributed by atoms with Crippen LogP contribution in [0.15, 0.2) is 53.4 Å². The molecule has 2 aromatic carbocycles. The van der Waals surface area contributed by atoms with E-state index in [1.807, 2.05) is 0 Å². The van der Waals surface area contributed by atoms with Crippen LogP contribution in [0.1, 0.15) is 24.1 Å². The van der Waals surface area contributed by atoms with Crippen LogP contribution in [0.5, 0.6) is 5.75 Å². The lowest BCUT2D eigenvalue weighted by atomic mass is 10.1. The van der Waals surface area contributed by atoms with Crippen LogP contribution < -0.4 is 0 Å². The van der Waals surface area contributed by atoms with Gasteiger partial charge in [-0.25, -0.2) is 4.79 Å². The summed E-state index contributed by atoms with van der Waals surface area (Å²) in [4.78, 5) is 37.4. The summed E-state index contributed by atoms with van der Waals surface area (Å²) < 4.78 is 5.32. The van der Waals surface area contributed by atoms with Crippen molar-refractivity contribution in [3.8, 4) is 5.75 Å². The van der Waals surface area contributed by atoms with Crippen LogP contribution in [0.25, 0.3) is 6.08 Å². The van der Waals surface area contributed by atoms with E-state index in [9.17, 15) is 24.8 Å². The summed E-state index contributed by atoms with van der Waals surface area (Å²) in [5.74, 6) is -1.60. The number of hydrogen-bond donors (Lipinski definition) is 1. The summed E-state index contributed by atoms with van der Waals surface area (Å²) in [5.41, 5.74) is 0.411. The maximum absolute atomic E-state index is 13.1. The summed E-state index contributed by atoms with van der Waals surface area (Å²) in [7, 11) is 0. The van der Waals surface area contributed by atoms with Gasteiger partial charge in [-0.15, -0.1) is 0 Å². The fraction of sp³-hybridized carbons (Fsp3) is 0.150. The third kappa shape index (κ3) is 4.34. The Balaban J connectivity index is 1.98. The van der Waals surface area contributed by atoms with Gasteiger partial charge >= 0.3 is 11.7 Å². The summed E-state index contributed by atoms with van der Waals surface area (Å²) in [5, 5.41) is 20.6. The van der Waals surface area contributed by atoms with Gasteiger partial charge in [-0.1, -0.05) is 60.4 Å². The quantitative estimate of drug-likeness (QED) is 0.235. The van der Waals surface area contributed by atoms with E-state index in [2.05, 4.69) is 0 Å². The predicted octanol–water partition coefficient (Wildman–Crippen LogP) is 3.81. The second kappa shape index (κ2) is 9.06. The molecule has 1 amide bonds. The highest BCUT2D eigenvalue weighted by atomic mass is 32.2. The highest BCUT2D eigenvalue weighted by Gasteiger charge is 2.42. The third-order valence-electron chi connectivity index (χ3n) is 4.20. The third-order valence-corrected chi connectivity index (χ3v) is 5.53. The summed E-state index contributed by atoms with van der Waals surface area (Å²) in [6.07, 6.45) is 1.43. The molecule has 1 fully saturated rings. The van der Waals surface area contributed by atoms with Crippen molar-refractivity contribution in [3.05, 3.63) is 74.7 Å². The van der Waals surface area contributed by atoms with Gasteiger partial charge in [-0.3, -0.25) is 19.8 Å². The van der Waals surface area contributed by atoms with Crippen molar-refractivity contribution in [2.24, 2.45) is 0 Å². The molecule has 30 heavy (non-hydrogen) atoms. The number of aromatic hydroxyl groups is 1. The van der Waals surface area contributed by atoms with Gasteiger partial charge in [0.15, 0.2) is 11.8 Å². The lowest BCUT2D eigenvalue weighted by molar-refractivity contribution is -0.385. The molecule has 8 nitrogen and oxygen atoms in total. The molecule has 1 atom stereocenters. The number of thioether (sulfide) groups is 1. The normalized spacial score (nSPS) is 16.0. The number of nitro benzene ring substituents is 1. The molecule has 0 bridgehead atoms. The van der Waals surface area contributed by atoms with E-state index < -0.39 is 34.3 Å². The van der Waals surface area contributed by atoms with Crippen molar-refractivity contribution in [2.75, 3.05) is 6.61 Å². The molecular formula is C20H16N2O6S2. The predicted molar refractivity (Wildman–Crippen MR) is 116 cm³/mol. The molecular weight excluding hydrogens is 428 g/mol. The van der Waals surface area contributed by atoms with E-state index >= 15 is 0 Å². The SMILES string of the molecule is CCOC(=O)C(c1ccccc1)N1C(=O)/C(=C/c2ccc(O)c([N+](=O)[O-])c2)SC1=S. The van der Waals surface area contributed by atoms with Crippen molar-refractivity contribution >= 4 is 51.9 Å². The van der Waals surface area contributed by atoms with Crippen molar-refractivity contribution in [1.29, 1.82) is 0 Å². The highest BCUT2D eigenvalue weighted by molar-refractivity contribution is 8.26. The minimum absolute atomic E-state index is 0.143. The number of phenolic OH excluding ortho intramolecular Hbond substituents is 1. The molecule has 3 rings (SSSR count). The Morgan fingerprint density at radius 3 is 2.67 bits per heavy atom. The van der Waals surface area contributed by atoms with Crippen molar-refractivity contribution < 1.29 is 24.4 Å². The number of carbonyl (C=O) groups excluding carboxylic acids is 2. The molecule has 0 saturated carbocycles. The number of amides is 1.